The Hall–Kier alpha value is -10.0. The van der Waals surface area contributed by atoms with E-state index < -0.39 is 0 Å². The van der Waals surface area contributed by atoms with E-state index in [-0.39, 0.29) is 0 Å². The van der Waals surface area contributed by atoms with Gasteiger partial charge < -0.3 is 9.13 Å². The maximum absolute atomic E-state index is 5.27. The summed E-state index contributed by atoms with van der Waals surface area (Å²) in [5.74, 6) is 1.81. The molecular weight excluding hydrogens is 925 g/mol. The minimum Gasteiger partial charge on any atom is -0.309 e. The summed E-state index contributed by atoms with van der Waals surface area (Å²) in [5, 5.41) is 4.71. The monoisotopic (exact) mass is 972 g/mol. The fourth-order valence-corrected chi connectivity index (χ4v) is 11.3. The van der Waals surface area contributed by atoms with Gasteiger partial charge in [0, 0.05) is 67.3 Å². The lowest BCUT2D eigenvalue weighted by atomic mass is 9.95. The number of hydrogen-bond donors (Lipinski definition) is 0. The molecule has 0 aliphatic heterocycles. The van der Waals surface area contributed by atoms with Crippen molar-refractivity contribution in [3.05, 3.63) is 266 Å². The molecule has 14 rings (SSSR count). The maximum atomic E-state index is 5.27. The molecule has 0 unspecified atom stereocenters. The lowest BCUT2D eigenvalue weighted by molar-refractivity contribution is 1.07. The molecule has 0 amide bonds. The minimum atomic E-state index is 0.585. The van der Waals surface area contributed by atoms with Gasteiger partial charge in [0.05, 0.1) is 33.4 Å². The molecule has 0 aliphatic rings. The SMILES string of the molecule is Cc1ccccc1-c1ccc2c(c1)c1ccccc1n2-c1cc(-c2cccnc2)ccc1-c1ccc(-c2nc(-c3ccccc3)nc(-c3ccccc3)n2)cc1-n1c2ccccc2c2cc(-c3ccccc3C)ccc21. The molecule has 0 radical (unpaired) electrons. The second kappa shape index (κ2) is 18.5. The molecule has 0 saturated heterocycles. The maximum Gasteiger partial charge on any atom is 0.164 e. The van der Waals surface area contributed by atoms with Gasteiger partial charge in [0.2, 0.25) is 0 Å². The van der Waals surface area contributed by atoms with Crippen molar-refractivity contribution >= 4 is 43.6 Å². The molecule has 0 fully saturated rings. The molecule has 6 heteroatoms. The lowest BCUT2D eigenvalue weighted by Crippen LogP contribution is -2.04. The highest BCUT2D eigenvalue weighted by Gasteiger charge is 2.24. The number of benzene rings is 10. The Labute approximate surface area is 440 Å². The third kappa shape index (κ3) is 7.66. The van der Waals surface area contributed by atoms with Gasteiger partial charge in [-0.1, -0.05) is 188 Å². The quantitative estimate of drug-likeness (QED) is 0.145. The van der Waals surface area contributed by atoms with Gasteiger partial charge in [-0.3, -0.25) is 4.98 Å². The second-order valence-corrected chi connectivity index (χ2v) is 19.5. The van der Waals surface area contributed by atoms with E-state index in [9.17, 15) is 0 Å². The fourth-order valence-electron chi connectivity index (χ4n) is 11.3. The smallest absolute Gasteiger partial charge is 0.164 e. The molecule has 0 saturated carbocycles. The normalized spacial score (nSPS) is 11.6. The molecule has 4 heterocycles. The minimum absolute atomic E-state index is 0.585. The van der Waals surface area contributed by atoms with Crippen LogP contribution in [0.3, 0.4) is 0 Å². The molecule has 4 aromatic heterocycles. The van der Waals surface area contributed by atoms with Crippen LogP contribution in [0.5, 0.6) is 0 Å². The standard InChI is InChI=1S/C70H48N6/c1-45-18-9-11-25-54(45)50-33-37-64-60(40-50)56-27-13-15-29-62(56)75(64)66-42-49(53-24-17-39-71-44-53)31-35-58(66)59-36-32-52(70-73-68(47-20-5-3-6-21-47)72-69(74-70)48-22-7-4-8-23-48)43-67(59)76-63-30-16-14-28-57(63)61-41-51(34-38-65(61)76)55-26-12-10-19-46(55)2/h3-44H,1-2H3. The predicted octanol–water partition coefficient (Wildman–Crippen LogP) is 17.7. The Kier molecular flexibility index (Phi) is 10.8. The van der Waals surface area contributed by atoms with E-state index in [2.05, 4.69) is 228 Å². The van der Waals surface area contributed by atoms with E-state index in [1.54, 1.807) is 0 Å². The molecule has 76 heavy (non-hydrogen) atoms. The van der Waals surface area contributed by atoms with Gasteiger partial charge in [0.15, 0.2) is 17.5 Å². The predicted molar refractivity (Wildman–Crippen MR) is 314 cm³/mol. The zero-order valence-electron chi connectivity index (χ0n) is 41.9. The van der Waals surface area contributed by atoms with Crippen molar-refractivity contribution < 1.29 is 0 Å². The number of para-hydroxylation sites is 2. The fraction of sp³-hybridized carbons (Fsp3) is 0.0286. The first-order chi connectivity index (χ1) is 37.5. The summed E-state index contributed by atoms with van der Waals surface area (Å²) in [5.41, 5.74) is 20.7. The largest absolute Gasteiger partial charge is 0.309 e. The first-order valence-electron chi connectivity index (χ1n) is 25.8. The first-order valence-corrected chi connectivity index (χ1v) is 25.8. The van der Waals surface area contributed by atoms with Crippen molar-refractivity contribution in [3.63, 3.8) is 0 Å². The summed E-state index contributed by atoms with van der Waals surface area (Å²) in [4.78, 5) is 20.2. The summed E-state index contributed by atoms with van der Waals surface area (Å²) in [6.07, 6.45) is 3.78. The van der Waals surface area contributed by atoms with Gasteiger partial charge in [0.25, 0.3) is 0 Å². The van der Waals surface area contributed by atoms with E-state index in [1.807, 2.05) is 54.9 Å². The van der Waals surface area contributed by atoms with Crippen LogP contribution in [0, 0.1) is 13.8 Å². The van der Waals surface area contributed by atoms with E-state index in [4.69, 9.17) is 15.0 Å². The third-order valence-electron chi connectivity index (χ3n) is 15.0. The summed E-state index contributed by atoms with van der Waals surface area (Å²) >= 11 is 0. The van der Waals surface area contributed by atoms with Gasteiger partial charge >= 0.3 is 0 Å². The Bertz CT molecular complexity index is 4480. The van der Waals surface area contributed by atoms with Crippen LogP contribution in [0.2, 0.25) is 0 Å². The van der Waals surface area contributed by atoms with Crippen molar-refractivity contribution in [2.75, 3.05) is 0 Å². The van der Waals surface area contributed by atoms with Crippen LogP contribution in [-0.2, 0) is 0 Å². The summed E-state index contributed by atoms with van der Waals surface area (Å²) in [6, 6.07) is 86.9. The molecule has 0 atom stereocenters. The Balaban J connectivity index is 1.07. The number of nitrogens with zero attached hydrogens (tertiary/aromatic N) is 6. The van der Waals surface area contributed by atoms with Crippen LogP contribution in [0.25, 0.3) is 134 Å². The number of rotatable bonds is 9. The van der Waals surface area contributed by atoms with E-state index in [0.717, 1.165) is 72.4 Å². The molecule has 358 valence electrons. The molecule has 0 aliphatic carbocycles. The summed E-state index contributed by atoms with van der Waals surface area (Å²) < 4.78 is 4.91. The van der Waals surface area contributed by atoms with Gasteiger partial charge in [-0.2, -0.15) is 0 Å². The molecular formula is C70H48N6. The van der Waals surface area contributed by atoms with Crippen LogP contribution in [0.15, 0.2) is 255 Å². The number of pyridine rings is 1. The van der Waals surface area contributed by atoms with Crippen molar-refractivity contribution in [1.29, 1.82) is 0 Å². The highest BCUT2D eigenvalue weighted by atomic mass is 15.0. The van der Waals surface area contributed by atoms with Crippen molar-refractivity contribution in [2.45, 2.75) is 13.8 Å². The first kappa shape index (κ1) is 44.6. The average Bonchev–Trinajstić information content (AvgIpc) is 4.05. The van der Waals surface area contributed by atoms with Crippen molar-refractivity contribution in [3.8, 4) is 90.0 Å². The van der Waals surface area contributed by atoms with Gasteiger partial charge in [-0.25, -0.2) is 15.0 Å². The topological polar surface area (TPSA) is 61.4 Å². The van der Waals surface area contributed by atoms with E-state index in [1.165, 1.54) is 54.9 Å². The lowest BCUT2D eigenvalue weighted by Gasteiger charge is -2.21. The summed E-state index contributed by atoms with van der Waals surface area (Å²) in [6.45, 7) is 4.37. The third-order valence-corrected chi connectivity index (χ3v) is 15.0. The number of hydrogen-bond acceptors (Lipinski definition) is 4. The highest BCUT2D eigenvalue weighted by molar-refractivity contribution is 6.13. The molecule has 0 spiro atoms. The van der Waals surface area contributed by atoms with Crippen LogP contribution in [0.4, 0.5) is 0 Å². The molecule has 14 aromatic rings. The Morgan fingerprint density at radius 1 is 0.276 bits per heavy atom. The Morgan fingerprint density at radius 2 is 0.684 bits per heavy atom. The highest BCUT2D eigenvalue weighted by Crippen LogP contribution is 2.45. The molecule has 0 bridgehead atoms. The van der Waals surface area contributed by atoms with E-state index >= 15 is 0 Å². The summed E-state index contributed by atoms with van der Waals surface area (Å²) in [7, 11) is 0. The zero-order chi connectivity index (χ0) is 50.7. The average molecular weight is 973 g/mol. The number of aromatic nitrogens is 6. The second-order valence-electron chi connectivity index (χ2n) is 19.5. The molecule has 0 N–H and O–H groups in total. The van der Waals surface area contributed by atoms with Gasteiger partial charge in [0.1, 0.15) is 0 Å². The van der Waals surface area contributed by atoms with Crippen molar-refractivity contribution in [1.82, 2.24) is 29.1 Å². The Morgan fingerprint density at radius 3 is 1.18 bits per heavy atom. The van der Waals surface area contributed by atoms with Gasteiger partial charge in [-0.05, 0) is 107 Å². The number of aryl methyl sites for hydroxylation is 2. The van der Waals surface area contributed by atoms with Crippen LogP contribution in [-0.4, -0.2) is 29.1 Å². The van der Waals surface area contributed by atoms with Crippen molar-refractivity contribution in [2.24, 2.45) is 0 Å². The molecule has 10 aromatic carbocycles. The van der Waals surface area contributed by atoms with Crippen LogP contribution < -0.4 is 0 Å². The van der Waals surface area contributed by atoms with Gasteiger partial charge in [-0.15, -0.1) is 0 Å². The van der Waals surface area contributed by atoms with E-state index in [0.29, 0.717) is 17.5 Å². The van der Waals surface area contributed by atoms with Crippen LogP contribution >= 0.6 is 0 Å². The van der Waals surface area contributed by atoms with Crippen LogP contribution in [0.1, 0.15) is 11.1 Å². The number of fused-ring (bicyclic) bond motifs is 6. The molecule has 6 nitrogen and oxygen atoms in total. The zero-order valence-corrected chi connectivity index (χ0v) is 41.9.